The van der Waals surface area contributed by atoms with Crippen molar-refractivity contribution in [1.29, 1.82) is 0 Å². The first-order valence-corrected chi connectivity index (χ1v) is 8.26. The van der Waals surface area contributed by atoms with Crippen LogP contribution in [0.25, 0.3) is 0 Å². The molecule has 0 N–H and O–H groups in total. The van der Waals surface area contributed by atoms with Crippen LogP contribution in [0.15, 0.2) is 30.3 Å². The Morgan fingerprint density at radius 2 is 1.96 bits per heavy atom. The zero-order valence-electron chi connectivity index (χ0n) is 13.6. The maximum Gasteiger partial charge on any atom is 0.338 e. The van der Waals surface area contributed by atoms with Gasteiger partial charge in [-0.1, -0.05) is 18.2 Å². The molecule has 0 unspecified atom stereocenters. The highest BCUT2D eigenvalue weighted by atomic mass is 16.6. The molecule has 0 aliphatic carbocycles. The number of benzene rings is 1. The summed E-state index contributed by atoms with van der Waals surface area (Å²) < 4.78 is 11.0. The molecule has 0 amide bonds. The van der Waals surface area contributed by atoms with E-state index in [1.54, 1.807) is 31.2 Å². The lowest BCUT2D eigenvalue weighted by Gasteiger charge is -2.40. The summed E-state index contributed by atoms with van der Waals surface area (Å²) in [5.41, 5.74) is 0.515. The fourth-order valence-corrected chi connectivity index (χ4v) is 3.87. The molecule has 0 saturated carbocycles. The number of piperidine rings is 1. The Morgan fingerprint density at radius 3 is 2.65 bits per heavy atom. The molecule has 1 aromatic rings. The molecular weight excluding hydrogens is 294 g/mol. The van der Waals surface area contributed by atoms with Gasteiger partial charge in [-0.15, -0.1) is 0 Å². The van der Waals surface area contributed by atoms with Gasteiger partial charge in [-0.25, -0.2) is 4.79 Å². The predicted octanol–water partition coefficient (Wildman–Crippen LogP) is 2.26. The molecule has 2 aliphatic rings. The minimum absolute atomic E-state index is 0.0985. The van der Waals surface area contributed by atoms with Crippen LogP contribution in [0, 0.1) is 5.92 Å². The topological polar surface area (TPSA) is 55.8 Å². The standard InChI is InChI=1S/C18H23NO4/c1-3-22-18(21)16-14-10-9-13(19(14)2)11-15(16)23-17(20)12-7-5-4-6-8-12/h4-8,13-16H,3,9-11H2,1-2H3/t13-,14+,15+,16-/m1/s1. The summed E-state index contributed by atoms with van der Waals surface area (Å²) in [6.45, 7) is 2.14. The fourth-order valence-electron chi connectivity index (χ4n) is 3.87. The van der Waals surface area contributed by atoms with Crippen LogP contribution in [0.1, 0.15) is 36.5 Å². The number of hydrogen-bond donors (Lipinski definition) is 0. The van der Waals surface area contributed by atoms with Gasteiger partial charge in [-0.2, -0.15) is 0 Å². The second-order valence-corrected chi connectivity index (χ2v) is 6.29. The van der Waals surface area contributed by atoms with E-state index in [0.29, 0.717) is 24.6 Å². The van der Waals surface area contributed by atoms with Crippen LogP contribution in [0.4, 0.5) is 0 Å². The Kier molecular flexibility index (Phi) is 4.66. The Balaban J connectivity index is 1.78. The lowest BCUT2D eigenvalue weighted by molar-refractivity contribution is -0.158. The van der Waals surface area contributed by atoms with Gasteiger partial charge in [0, 0.05) is 18.5 Å². The highest BCUT2D eigenvalue weighted by Crippen LogP contribution is 2.40. The number of fused-ring (bicyclic) bond motifs is 2. The van der Waals surface area contributed by atoms with Crippen LogP contribution in [0.2, 0.25) is 0 Å². The molecule has 124 valence electrons. The number of esters is 2. The largest absolute Gasteiger partial charge is 0.466 e. The number of nitrogens with zero attached hydrogens (tertiary/aromatic N) is 1. The molecule has 5 heteroatoms. The molecule has 0 radical (unpaired) electrons. The molecular formula is C18H23NO4. The Hall–Kier alpha value is -1.88. The third kappa shape index (κ3) is 3.11. The van der Waals surface area contributed by atoms with Crippen molar-refractivity contribution in [3.05, 3.63) is 35.9 Å². The van der Waals surface area contributed by atoms with E-state index < -0.39 is 12.0 Å². The summed E-state index contributed by atoms with van der Waals surface area (Å²) in [4.78, 5) is 27.0. The Labute approximate surface area is 136 Å². The van der Waals surface area contributed by atoms with Gasteiger partial charge < -0.3 is 9.47 Å². The van der Waals surface area contributed by atoms with Gasteiger partial charge in [0.1, 0.15) is 12.0 Å². The average Bonchev–Trinajstić information content (AvgIpc) is 2.80. The highest BCUT2D eigenvalue weighted by Gasteiger charge is 2.51. The zero-order chi connectivity index (χ0) is 16.4. The Morgan fingerprint density at radius 1 is 1.22 bits per heavy atom. The van der Waals surface area contributed by atoms with Crippen LogP contribution in [-0.2, 0) is 14.3 Å². The van der Waals surface area contributed by atoms with Crippen LogP contribution in [-0.4, -0.2) is 48.7 Å². The van der Waals surface area contributed by atoms with E-state index in [2.05, 4.69) is 4.90 Å². The van der Waals surface area contributed by atoms with Crippen molar-refractivity contribution in [3.63, 3.8) is 0 Å². The van der Waals surface area contributed by atoms with Crippen LogP contribution in [0.3, 0.4) is 0 Å². The van der Waals surface area contributed by atoms with Crippen molar-refractivity contribution in [1.82, 2.24) is 4.90 Å². The molecule has 2 saturated heterocycles. The molecule has 2 aliphatic heterocycles. The van der Waals surface area contributed by atoms with Crippen molar-refractivity contribution in [2.45, 2.75) is 44.4 Å². The summed E-state index contributed by atoms with van der Waals surface area (Å²) in [5, 5.41) is 0. The van der Waals surface area contributed by atoms with Gasteiger partial charge >= 0.3 is 11.9 Å². The molecule has 0 aromatic heterocycles. The molecule has 2 heterocycles. The summed E-state index contributed by atoms with van der Waals surface area (Å²) in [6.07, 6.45) is 2.27. The maximum atomic E-state index is 12.4. The summed E-state index contributed by atoms with van der Waals surface area (Å²) >= 11 is 0. The number of ether oxygens (including phenoxy) is 2. The SMILES string of the molecule is CCOC(=O)[C@H]1[C@@H](OC(=O)c2ccccc2)C[C@H]2CC[C@@H]1N2C. The van der Waals surface area contributed by atoms with Crippen molar-refractivity contribution in [2.75, 3.05) is 13.7 Å². The first kappa shape index (κ1) is 16.0. The van der Waals surface area contributed by atoms with Crippen molar-refractivity contribution < 1.29 is 19.1 Å². The van der Waals surface area contributed by atoms with Crippen molar-refractivity contribution >= 4 is 11.9 Å². The minimum Gasteiger partial charge on any atom is -0.466 e. The van der Waals surface area contributed by atoms with Crippen molar-refractivity contribution in [2.24, 2.45) is 5.92 Å². The number of hydrogen-bond acceptors (Lipinski definition) is 5. The smallest absolute Gasteiger partial charge is 0.338 e. The van der Waals surface area contributed by atoms with E-state index in [1.165, 1.54) is 0 Å². The van der Waals surface area contributed by atoms with E-state index >= 15 is 0 Å². The van der Waals surface area contributed by atoms with E-state index in [-0.39, 0.29) is 18.0 Å². The van der Waals surface area contributed by atoms with Crippen LogP contribution < -0.4 is 0 Å². The van der Waals surface area contributed by atoms with Gasteiger partial charge in [0.25, 0.3) is 0 Å². The molecule has 5 nitrogen and oxygen atoms in total. The van der Waals surface area contributed by atoms with Gasteiger partial charge in [-0.3, -0.25) is 9.69 Å². The molecule has 4 atom stereocenters. The third-order valence-corrected chi connectivity index (χ3v) is 5.04. The van der Waals surface area contributed by atoms with Gasteiger partial charge in [0.2, 0.25) is 0 Å². The lowest BCUT2D eigenvalue weighted by Crippen LogP contribution is -2.53. The van der Waals surface area contributed by atoms with Gasteiger partial charge in [-0.05, 0) is 38.9 Å². The van der Waals surface area contributed by atoms with E-state index in [9.17, 15) is 9.59 Å². The predicted molar refractivity (Wildman–Crippen MR) is 85.0 cm³/mol. The van der Waals surface area contributed by atoms with E-state index in [4.69, 9.17) is 9.47 Å². The van der Waals surface area contributed by atoms with Crippen molar-refractivity contribution in [3.8, 4) is 0 Å². The monoisotopic (exact) mass is 317 g/mol. The molecule has 1 aromatic carbocycles. The normalized spacial score (nSPS) is 30.0. The molecule has 2 fully saturated rings. The summed E-state index contributed by atoms with van der Waals surface area (Å²) in [7, 11) is 2.05. The lowest BCUT2D eigenvalue weighted by atomic mass is 9.87. The second kappa shape index (κ2) is 6.71. The fraction of sp³-hybridized carbons (Fsp3) is 0.556. The summed E-state index contributed by atoms with van der Waals surface area (Å²) in [6, 6.07) is 9.39. The van der Waals surface area contributed by atoms with Crippen LogP contribution in [0.5, 0.6) is 0 Å². The third-order valence-electron chi connectivity index (χ3n) is 5.04. The molecule has 23 heavy (non-hydrogen) atoms. The minimum atomic E-state index is -0.407. The van der Waals surface area contributed by atoms with Gasteiger partial charge in [0.05, 0.1) is 12.2 Å². The zero-order valence-corrected chi connectivity index (χ0v) is 13.6. The molecule has 0 spiro atoms. The number of carbonyl (C=O) groups is 2. The van der Waals surface area contributed by atoms with Gasteiger partial charge in [0.15, 0.2) is 0 Å². The highest BCUT2D eigenvalue weighted by molar-refractivity contribution is 5.89. The second-order valence-electron chi connectivity index (χ2n) is 6.29. The van der Waals surface area contributed by atoms with Crippen LogP contribution >= 0.6 is 0 Å². The van der Waals surface area contributed by atoms with E-state index in [1.807, 2.05) is 13.1 Å². The Bertz CT molecular complexity index is 574. The first-order valence-electron chi connectivity index (χ1n) is 8.26. The maximum absolute atomic E-state index is 12.4. The molecule has 3 rings (SSSR count). The van der Waals surface area contributed by atoms with E-state index in [0.717, 1.165) is 12.8 Å². The average molecular weight is 317 g/mol. The quantitative estimate of drug-likeness (QED) is 0.797. The first-order chi connectivity index (χ1) is 11.1. The summed E-state index contributed by atoms with van der Waals surface area (Å²) in [5.74, 6) is -1.02. The number of carbonyl (C=O) groups excluding carboxylic acids is 2. The molecule has 2 bridgehead atoms. The number of rotatable bonds is 4.